The lowest BCUT2D eigenvalue weighted by Crippen LogP contribution is -2.40. The summed E-state index contributed by atoms with van der Waals surface area (Å²) in [7, 11) is 1.82. The van der Waals surface area contributed by atoms with Crippen LogP contribution in [0.4, 0.5) is 5.69 Å². The van der Waals surface area contributed by atoms with Crippen molar-refractivity contribution in [3.63, 3.8) is 0 Å². The Morgan fingerprint density at radius 1 is 1.19 bits per heavy atom. The van der Waals surface area contributed by atoms with Gasteiger partial charge in [-0.25, -0.2) is 0 Å². The summed E-state index contributed by atoms with van der Waals surface area (Å²) in [5.41, 5.74) is 0.511. The minimum absolute atomic E-state index is 0.0996. The number of carbonyl (C=O) groups excluding carboxylic acids is 1. The van der Waals surface area contributed by atoms with Crippen molar-refractivity contribution < 1.29 is 19.8 Å². The minimum Gasteiger partial charge on any atom is -0.508 e. The number of nitrogens with one attached hydrogen (secondary N) is 3. The lowest BCUT2D eigenvalue weighted by molar-refractivity contribution is -0.141. The quantitative estimate of drug-likeness (QED) is 0.332. The number of phenols is 1. The highest BCUT2D eigenvalue weighted by Crippen LogP contribution is 2.14. The third-order valence-corrected chi connectivity index (χ3v) is 2.83. The van der Waals surface area contributed by atoms with Gasteiger partial charge in [0, 0.05) is 5.69 Å². The molecular weight excluding hydrogens is 274 g/mol. The lowest BCUT2D eigenvalue weighted by atomic mass is 10.2. The third-order valence-electron chi connectivity index (χ3n) is 2.83. The number of carbonyl (C=O) groups is 2. The Kier molecular flexibility index (Phi) is 7.20. The number of anilines is 1. The Labute approximate surface area is 123 Å². The molecule has 0 saturated carbocycles. The van der Waals surface area contributed by atoms with E-state index in [1.54, 1.807) is 12.1 Å². The molecule has 1 amide bonds. The van der Waals surface area contributed by atoms with E-state index >= 15 is 0 Å². The second-order valence-corrected chi connectivity index (χ2v) is 4.60. The van der Waals surface area contributed by atoms with Crippen molar-refractivity contribution in [2.24, 2.45) is 0 Å². The number of phenolic OH excluding ortho intramolecular Hbond substituents is 1. The van der Waals surface area contributed by atoms with Gasteiger partial charge in [-0.15, -0.1) is 0 Å². The summed E-state index contributed by atoms with van der Waals surface area (Å²) in [6, 6.07) is 5.06. The Hall–Kier alpha value is -2.12. The maximum Gasteiger partial charge on any atom is 0.321 e. The van der Waals surface area contributed by atoms with Crippen molar-refractivity contribution >= 4 is 17.6 Å². The Morgan fingerprint density at radius 2 is 1.86 bits per heavy atom. The molecule has 0 aliphatic rings. The maximum atomic E-state index is 11.8. The number of hydrogen-bond donors (Lipinski definition) is 5. The molecule has 0 aromatic heterocycles. The van der Waals surface area contributed by atoms with Gasteiger partial charge in [-0.1, -0.05) is 0 Å². The van der Waals surface area contributed by atoms with Gasteiger partial charge in [0.2, 0.25) is 5.91 Å². The SMILES string of the molecule is CNCCCN[C@H](CC(=O)Nc1ccc(O)cc1)C(=O)O. The summed E-state index contributed by atoms with van der Waals surface area (Å²) >= 11 is 0. The first-order valence-electron chi connectivity index (χ1n) is 6.72. The highest BCUT2D eigenvalue weighted by Gasteiger charge is 2.20. The molecule has 1 aromatic rings. The Balaban J connectivity index is 2.44. The van der Waals surface area contributed by atoms with E-state index in [2.05, 4.69) is 16.0 Å². The molecule has 1 atom stereocenters. The van der Waals surface area contributed by atoms with E-state index in [9.17, 15) is 9.59 Å². The number of hydrogen-bond acceptors (Lipinski definition) is 5. The van der Waals surface area contributed by atoms with Gasteiger partial charge in [0.1, 0.15) is 11.8 Å². The van der Waals surface area contributed by atoms with Crippen molar-refractivity contribution in [1.29, 1.82) is 0 Å². The van der Waals surface area contributed by atoms with Gasteiger partial charge >= 0.3 is 5.97 Å². The summed E-state index contributed by atoms with van der Waals surface area (Å²) in [5.74, 6) is -1.35. The van der Waals surface area contributed by atoms with Crippen LogP contribution in [0.25, 0.3) is 0 Å². The van der Waals surface area contributed by atoms with Gasteiger partial charge in [-0.2, -0.15) is 0 Å². The first kappa shape index (κ1) is 16.9. The van der Waals surface area contributed by atoms with E-state index in [-0.39, 0.29) is 12.2 Å². The fourth-order valence-electron chi connectivity index (χ4n) is 1.73. The number of benzene rings is 1. The molecule has 0 aliphatic heterocycles. The molecule has 7 heteroatoms. The molecule has 0 unspecified atom stereocenters. The van der Waals surface area contributed by atoms with Gasteiger partial charge in [0.15, 0.2) is 0 Å². The van der Waals surface area contributed by atoms with Gasteiger partial charge in [-0.3, -0.25) is 9.59 Å². The van der Waals surface area contributed by atoms with Gasteiger partial charge in [-0.05, 0) is 50.8 Å². The van der Waals surface area contributed by atoms with Crippen LogP contribution in [-0.4, -0.2) is 48.3 Å². The normalized spacial score (nSPS) is 11.9. The predicted molar refractivity (Wildman–Crippen MR) is 79.3 cm³/mol. The zero-order valence-corrected chi connectivity index (χ0v) is 11.9. The molecule has 1 rings (SSSR count). The summed E-state index contributed by atoms with van der Waals surface area (Å²) in [6.45, 7) is 1.29. The van der Waals surface area contributed by atoms with E-state index in [0.717, 1.165) is 13.0 Å². The average molecular weight is 295 g/mol. The zero-order chi connectivity index (χ0) is 15.7. The Morgan fingerprint density at radius 3 is 2.43 bits per heavy atom. The van der Waals surface area contributed by atoms with E-state index in [4.69, 9.17) is 10.2 Å². The second-order valence-electron chi connectivity index (χ2n) is 4.60. The van der Waals surface area contributed by atoms with Crippen LogP contribution < -0.4 is 16.0 Å². The molecule has 0 aliphatic carbocycles. The molecule has 0 saturated heterocycles. The van der Waals surface area contributed by atoms with Crippen LogP contribution in [0.2, 0.25) is 0 Å². The molecule has 1 aromatic carbocycles. The summed E-state index contributed by atoms with van der Waals surface area (Å²) in [6.07, 6.45) is 0.621. The molecule has 7 nitrogen and oxygen atoms in total. The molecule has 0 spiro atoms. The molecule has 0 radical (unpaired) electrons. The van der Waals surface area contributed by atoms with E-state index in [1.807, 2.05) is 7.05 Å². The average Bonchev–Trinajstić information content (AvgIpc) is 2.44. The number of amides is 1. The molecule has 0 heterocycles. The molecule has 5 N–H and O–H groups in total. The van der Waals surface area contributed by atoms with Gasteiger partial charge in [0.05, 0.1) is 6.42 Å². The fraction of sp³-hybridized carbons (Fsp3) is 0.429. The van der Waals surface area contributed by atoms with Crippen molar-refractivity contribution in [2.75, 3.05) is 25.5 Å². The third kappa shape index (κ3) is 6.73. The van der Waals surface area contributed by atoms with Crippen molar-refractivity contribution in [2.45, 2.75) is 18.9 Å². The number of aliphatic carboxylic acids is 1. The number of aromatic hydroxyl groups is 1. The monoisotopic (exact) mass is 295 g/mol. The van der Waals surface area contributed by atoms with Crippen LogP contribution in [0.3, 0.4) is 0 Å². The fourth-order valence-corrected chi connectivity index (χ4v) is 1.73. The smallest absolute Gasteiger partial charge is 0.321 e. The first-order valence-corrected chi connectivity index (χ1v) is 6.72. The summed E-state index contributed by atoms with van der Waals surface area (Å²) < 4.78 is 0. The molecule has 21 heavy (non-hydrogen) atoms. The van der Waals surface area contributed by atoms with Crippen molar-refractivity contribution in [3.8, 4) is 5.75 Å². The predicted octanol–water partition coefficient (Wildman–Crippen LogP) is 0.373. The van der Waals surface area contributed by atoms with Crippen LogP contribution in [0.1, 0.15) is 12.8 Å². The second kappa shape index (κ2) is 8.93. The number of carboxylic acids is 1. The first-order chi connectivity index (χ1) is 10.0. The van der Waals surface area contributed by atoms with Crippen LogP contribution in [0, 0.1) is 0 Å². The topological polar surface area (TPSA) is 111 Å². The van der Waals surface area contributed by atoms with Gasteiger partial charge in [0.25, 0.3) is 0 Å². The van der Waals surface area contributed by atoms with Crippen LogP contribution >= 0.6 is 0 Å². The van der Waals surface area contributed by atoms with E-state index in [1.165, 1.54) is 12.1 Å². The highest BCUT2D eigenvalue weighted by atomic mass is 16.4. The van der Waals surface area contributed by atoms with E-state index < -0.39 is 17.9 Å². The summed E-state index contributed by atoms with van der Waals surface area (Å²) in [4.78, 5) is 22.9. The van der Waals surface area contributed by atoms with Crippen LogP contribution in [-0.2, 0) is 9.59 Å². The molecule has 116 valence electrons. The maximum absolute atomic E-state index is 11.8. The van der Waals surface area contributed by atoms with Crippen LogP contribution in [0.5, 0.6) is 5.75 Å². The van der Waals surface area contributed by atoms with Gasteiger partial charge < -0.3 is 26.2 Å². The highest BCUT2D eigenvalue weighted by molar-refractivity contribution is 5.94. The molecular formula is C14H21N3O4. The number of rotatable bonds is 9. The van der Waals surface area contributed by atoms with Crippen LogP contribution in [0.15, 0.2) is 24.3 Å². The zero-order valence-electron chi connectivity index (χ0n) is 11.9. The minimum atomic E-state index is -1.06. The summed E-state index contributed by atoms with van der Waals surface area (Å²) in [5, 5.41) is 26.6. The van der Waals surface area contributed by atoms with E-state index in [0.29, 0.717) is 12.2 Å². The molecule has 0 bridgehead atoms. The Bertz CT molecular complexity index is 462. The molecule has 0 fully saturated rings. The standard InChI is InChI=1S/C14H21N3O4/c1-15-7-2-8-16-12(14(20)21)9-13(19)17-10-3-5-11(18)6-4-10/h3-6,12,15-16,18H,2,7-9H2,1H3,(H,17,19)(H,20,21)/t12-/m1/s1. The van der Waals surface area contributed by atoms with Crippen molar-refractivity contribution in [1.82, 2.24) is 10.6 Å². The number of carboxylic acid groups (broad SMARTS) is 1. The lowest BCUT2D eigenvalue weighted by Gasteiger charge is -2.14. The van der Waals surface area contributed by atoms with Crippen molar-refractivity contribution in [3.05, 3.63) is 24.3 Å². The largest absolute Gasteiger partial charge is 0.508 e.